The van der Waals surface area contributed by atoms with Crippen molar-refractivity contribution in [1.82, 2.24) is 4.98 Å². The highest BCUT2D eigenvalue weighted by molar-refractivity contribution is 6.30. The minimum absolute atomic E-state index is 0.00743. The molecular weight excluding hydrogens is 202 g/mol. The summed E-state index contributed by atoms with van der Waals surface area (Å²) >= 11 is 5.85. The van der Waals surface area contributed by atoms with Crippen molar-refractivity contribution >= 4 is 17.7 Å². The molecule has 0 aromatic carbocycles. The van der Waals surface area contributed by atoms with Gasteiger partial charge in [-0.25, -0.2) is 4.98 Å². The summed E-state index contributed by atoms with van der Waals surface area (Å²) in [5, 5.41) is 8.90. The predicted octanol–water partition coefficient (Wildman–Crippen LogP) is 2.14. The number of ether oxygens (including phenoxy) is 1. The lowest BCUT2D eigenvalue weighted by Gasteiger charge is -2.04. The van der Waals surface area contributed by atoms with Gasteiger partial charge in [0.25, 0.3) is 0 Å². The van der Waals surface area contributed by atoms with Gasteiger partial charge in [-0.2, -0.15) is 0 Å². The van der Waals surface area contributed by atoms with Crippen molar-refractivity contribution in [1.29, 1.82) is 0 Å². The highest BCUT2D eigenvalue weighted by Gasteiger charge is 2.01. The zero-order valence-electron chi connectivity index (χ0n) is 7.90. The molecule has 76 valence electrons. The lowest BCUT2D eigenvalue weighted by atomic mass is 10.3. The lowest BCUT2D eigenvalue weighted by molar-refractivity contribution is 0.339. The molecule has 14 heavy (non-hydrogen) atoms. The Hall–Kier alpha value is -1.06. The van der Waals surface area contributed by atoms with Crippen LogP contribution in [0.3, 0.4) is 0 Å². The summed E-state index contributed by atoms with van der Waals surface area (Å²) in [5.74, 6) is 0.579. The molecule has 0 amide bonds. The van der Waals surface area contributed by atoms with Gasteiger partial charge in [-0.05, 0) is 25.1 Å². The van der Waals surface area contributed by atoms with E-state index in [4.69, 9.17) is 21.4 Å². The van der Waals surface area contributed by atoms with Gasteiger partial charge in [0.15, 0.2) is 10.9 Å². The second kappa shape index (κ2) is 5.62. The van der Waals surface area contributed by atoms with E-state index in [-0.39, 0.29) is 6.61 Å². The van der Waals surface area contributed by atoms with E-state index in [2.05, 4.69) is 4.98 Å². The number of rotatable bonds is 4. The summed E-state index contributed by atoms with van der Waals surface area (Å²) in [5.41, 5.74) is 0.701. The zero-order valence-corrected chi connectivity index (χ0v) is 8.66. The second-order valence-electron chi connectivity index (χ2n) is 2.54. The number of aromatic nitrogens is 1. The monoisotopic (exact) mass is 213 g/mol. The van der Waals surface area contributed by atoms with Crippen LogP contribution >= 0.6 is 11.6 Å². The maximum atomic E-state index is 8.56. The lowest BCUT2D eigenvalue weighted by Crippen LogP contribution is -1.94. The molecule has 1 aromatic rings. The molecule has 1 N–H and O–H groups in total. The minimum Gasteiger partial charge on any atom is -0.491 e. The predicted molar refractivity (Wildman–Crippen MR) is 56.5 cm³/mol. The number of hydrogen-bond acceptors (Lipinski definition) is 3. The van der Waals surface area contributed by atoms with Crippen LogP contribution in [0.5, 0.6) is 5.75 Å². The van der Waals surface area contributed by atoms with E-state index in [0.717, 1.165) is 0 Å². The Bertz CT molecular complexity index is 326. The second-order valence-corrected chi connectivity index (χ2v) is 2.90. The molecule has 0 fully saturated rings. The van der Waals surface area contributed by atoms with E-state index >= 15 is 0 Å². The highest BCUT2D eigenvalue weighted by Crippen LogP contribution is 2.22. The van der Waals surface area contributed by atoms with Gasteiger partial charge in [-0.15, -0.1) is 0 Å². The first kappa shape index (κ1) is 11.0. The van der Waals surface area contributed by atoms with E-state index in [0.29, 0.717) is 23.2 Å². The van der Waals surface area contributed by atoms with Gasteiger partial charge < -0.3 is 9.84 Å². The van der Waals surface area contributed by atoms with Crippen LogP contribution in [0.4, 0.5) is 0 Å². The van der Waals surface area contributed by atoms with E-state index in [9.17, 15) is 0 Å². The smallest absolute Gasteiger partial charge is 0.171 e. The highest BCUT2D eigenvalue weighted by atomic mass is 35.5. The summed E-state index contributed by atoms with van der Waals surface area (Å²) in [4.78, 5) is 4.07. The fourth-order valence-corrected chi connectivity index (χ4v) is 1.18. The van der Waals surface area contributed by atoms with Crippen molar-refractivity contribution in [2.75, 3.05) is 13.2 Å². The van der Waals surface area contributed by atoms with Gasteiger partial charge >= 0.3 is 0 Å². The molecule has 0 bridgehead atoms. The summed E-state index contributed by atoms with van der Waals surface area (Å²) in [6, 6.07) is 3.54. The van der Waals surface area contributed by atoms with Crippen LogP contribution in [0.15, 0.2) is 18.2 Å². The molecule has 0 aliphatic heterocycles. The fourth-order valence-electron chi connectivity index (χ4n) is 0.965. The Kier molecular flexibility index (Phi) is 4.43. The normalized spacial score (nSPS) is 10.8. The van der Waals surface area contributed by atoms with Gasteiger partial charge in [0.05, 0.1) is 18.9 Å². The molecule has 1 heterocycles. The first-order chi connectivity index (χ1) is 6.77. The molecule has 3 nitrogen and oxygen atoms in total. The van der Waals surface area contributed by atoms with E-state index < -0.39 is 0 Å². The van der Waals surface area contributed by atoms with Crippen molar-refractivity contribution in [2.24, 2.45) is 0 Å². The quantitative estimate of drug-likeness (QED) is 0.780. The summed E-state index contributed by atoms with van der Waals surface area (Å²) in [6.07, 6.45) is 3.29. The Balaban J connectivity index is 2.83. The third-order valence-electron chi connectivity index (χ3n) is 1.53. The Morgan fingerprint density at radius 1 is 1.57 bits per heavy atom. The third kappa shape index (κ3) is 3.01. The molecule has 0 aliphatic rings. The van der Waals surface area contributed by atoms with E-state index in [1.165, 1.54) is 0 Å². The van der Waals surface area contributed by atoms with Gasteiger partial charge in [0.1, 0.15) is 0 Å². The average Bonchev–Trinajstić information content (AvgIpc) is 2.19. The van der Waals surface area contributed by atoms with E-state index in [1.54, 1.807) is 24.3 Å². The van der Waals surface area contributed by atoms with Gasteiger partial charge in [0.2, 0.25) is 0 Å². The van der Waals surface area contributed by atoms with Crippen LogP contribution in [0.1, 0.15) is 12.6 Å². The van der Waals surface area contributed by atoms with Crippen LogP contribution in [-0.4, -0.2) is 23.3 Å². The standard InChI is InChI=1S/C10H12ClNO2/c1-2-14-9-6-5-8(4-3-7-13)12-10(9)11/h3-6,13H,2,7H2,1H3. The molecule has 0 aliphatic carbocycles. The molecule has 0 saturated carbocycles. The minimum atomic E-state index is -0.00743. The maximum Gasteiger partial charge on any atom is 0.171 e. The van der Waals surface area contributed by atoms with Crippen LogP contribution < -0.4 is 4.74 Å². The Morgan fingerprint density at radius 3 is 2.93 bits per heavy atom. The van der Waals surface area contributed by atoms with Crippen molar-refractivity contribution in [3.8, 4) is 5.75 Å². The average molecular weight is 214 g/mol. The van der Waals surface area contributed by atoms with Crippen LogP contribution in [0.25, 0.3) is 6.08 Å². The molecule has 1 rings (SSSR count). The molecule has 0 atom stereocenters. The number of pyridine rings is 1. The largest absolute Gasteiger partial charge is 0.491 e. The summed E-state index contributed by atoms with van der Waals surface area (Å²) in [6.45, 7) is 2.44. The van der Waals surface area contributed by atoms with Crippen LogP contribution in [0, 0.1) is 0 Å². The Labute approximate surface area is 88.0 Å². The SMILES string of the molecule is CCOc1ccc(C=CCO)nc1Cl. The molecule has 4 heteroatoms. The number of aliphatic hydroxyl groups excluding tert-OH is 1. The summed E-state index contributed by atoms with van der Waals surface area (Å²) in [7, 11) is 0. The molecular formula is C10H12ClNO2. The van der Waals surface area contributed by atoms with E-state index in [1.807, 2.05) is 6.92 Å². The first-order valence-corrected chi connectivity index (χ1v) is 4.72. The number of hydrogen-bond donors (Lipinski definition) is 1. The van der Waals surface area contributed by atoms with Gasteiger partial charge in [-0.3, -0.25) is 0 Å². The Morgan fingerprint density at radius 2 is 2.36 bits per heavy atom. The number of aliphatic hydroxyl groups is 1. The molecule has 0 unspecified atom stereocenters. The maximum absolute atomic E-state index is 8.56. The number of nitrogens with zero attached hydrogens (tertiary/aromatic N) is 1. The number of halogens is 1. The van der Waals surface area contributed by atoms with Gasteiger partial charge in [-0.1, -0.05) is 17.7 Å². The zero-order chi connectivity index (χ0) is 10.4. The fraction of sp³-hybridized carbons (Fsp3) is 0.300. The third-order valence-corrected chi connectivity index (χ3v) is 1.80. The molecule has 1 aromatic heterocycles. The summed E-state index contributed by atoms with van der Waals surface area (Å²) < 4.78 is 5.23. The van der Waals surface area contributed by atoms with Crippen molar-refractivity contribution in [3.05, 3.63) is 29.1 Å². The molecule has 0 saturated heterocycles. The van der Waals surface area contributed by atoms with Crippen LogP contribution in [-0.2, 0) is 0 Å². The van der Waals surface area contributed by atoms with Crippen molar-refractivity contribution < 1.29 is 9.84 Å². The molecule has 0 spiro atoms. The van der Waals surface area contributed by atoms with Crippen molar-refractivity contribution in [2.45, 2.75) is 6.92 Å². The molecule has 0 radical (unpaired) electrons. The first-order valence-electron chi connectivity index (χ1n) is 4.34. The van der Waals surface area contributed by atoms with Crippen LogP contribution in [0.2, 0.25) is 5.15 Å². The topological polar surface area (TPSA) is 42.4 Å². The van der Waals surface area contributed by atoms with Crippen molar-refractivity contribution in [3.63, 3.8) is 0 Å². The van der Waals surface area contributed by atoms with Gasteiger partial charge in [0, 0.05) is 0 Å².